The number of amides is 1. The van der Waals surface area contributed by atoms with Crippen LogP contribution in [0.4, 0.5) is 10.3 Å². The Labute approximate surface area is 169 Å². The molecule has 148 valence electrons. The van der Waals surface area contributed by atoms with Crippen LogP contribution in [0, 0.1) is 5.82 Å². The summed E-state index contributed by atoms with van der Waals surface area (Å²) < 4.78 is 13.4. The number of carbonyl (C=O) groups excluding carboxylic acids is 1. The highest BCUT2D eigenvalue weighted by Crippen LogP contribution is 2.37. The standard InChI is InChI=1S/C22H22FN5O/c1-27(2)22-25-14-17(15-8-10-16(23)11-9-15)20(26-22)19-7-5-13-28(19)21(29)18-6-3-4-12-24-18/h3-4,6,8-12,14,19H,5,7,13H2,1-2H3/t19-/m0/s1. The van der Waals surface area contributed by atoms with Gasteiger partial charge in [0.25, 0.3) is 5.91 Å². The quantitative estimate of drug-likeness (QED) is 0.678. The molecule has 1 aliphatic heterocycles. The Kier molecular flexibility index (Phi) is 5.20. The van der Waals surface area contributed by atoms with Crippen LogP contribution < -0.4 is 4.90 Å². The molecule has 1 fully saturated rings. The fourth-order valence-electron chi connectivity index (χ4n) is 3.64. The van der Waals surface area contributed by atoms with Crippen LogP contribution in [0.25, 0.3) is 11.1 Å². The summed E-state index contributed by atoms with van der Waals surface area (Å²) in [4.78, 5) is 30.2. The van der Waals surface area contributed by atoms with Gasteiger partial charge in [0.15, 0.2) is 0 Å². The van der Waals surface area contributed by atoms with Crippen molar-refractivity contribution in [2.45, 2.75) is 18.9 Å². The Morgan fingerprint density at radius 2 is 1.93 bits per heavy atom. The zero-order valence-corrected chi connectivity index (χ0v) is 16.4. The van der Waals surface area contributed by atoms with Gasteiger partial charge < -0.3 is 9.80 Å². The maximum Gasteiger partial charge on any atom is 0.273 e. The lowest BCUT2D eigenvalue weighted by Gasteiger charge is -2.26. The molecule has 3 heterocycles. The molecule has 4 rings (SSSR count). The van der Waals surface area contributed by atoms with Gasteiger partial charge in [0.05, 0.1) is 11.7 Å². The second-order valence-electron chi connectivity index (χ2n) is 7.24. The molecule has 1 atom stereocenters. The third-order valence-corrected chi connectivity index (χ3v) is 5.07. The van der Waals surface area contributed by atoms with Gasteiger partial charge in [-0.15, -0.1) is 0 Å². The number of aromatic nitrogens is 3. The lowest BCUT2D eigenvalue weighted by molar-refractivity contribution is 0.0727. The number of pyridine rings is 1. The van der Waals surface area contributed by atoms with Crippen molar-refractivity contribution in [2.24, 2.45) is 0 Å². The summed E-state index contributed by atoms with van der Waals surface area (Å²) in [5.74, 6) is 0.167. The van der Waals surface area contributed by atoms with E-state index in [1.54, 1.807) is 36.7 Å². The first-order valence-electron chi connectivity index (χ1n) is 9.57. The molecule has 0 saturated carbocycles. The Morgan fingerprint density at radius 1 is 1.14 bits per heavy atom. The van der Waals surface area contributed by atoms with Crippen molar-refractivity contribution < 1.29 is 9.18 Å². The molecule has 1 aliphatic rings. The zero-order chi connectivity index (χ0) is 20.4. The normalized spacial score (nSPS) is 16.1. The second-order valence-corrected chi connectivity index (χ2v) is 7.24. The second kappa shape index (κ2) is 7.95. The van der Waals surface area contributed by atoms with Crippen molar-refractivity contribution in [2.75, 3.05) is 25.5 Å². The summed E-state index contributed by atoms with van der Waals surface area (Å²) >= 11 is 0. The molecule has 6 nitrogen and oxygen atoms in total. The highest BCUT2D eigenvalue weighted by Gasteiger charge is 2.34. The van der Waals surface area contributed by atoms with E-state index in [9.17, 15) is 9.18 Å². The maximum atomic E-state index is 13.4. The Bertz CT molecular complexity index is 1010. The summed E-state index contributed by atoms with van der Waals surface area (Å²) in [5, 5.41) is 0. The van der Waals surface area contributed by atoms with Crippen LogP contribution >= 0.6 is 0 Å². The highest BCUT2D eigenvalue weighted by atomic mass is 19.1. The minimum absolute atomic E-state index is 0.108. The monoisotopic (exact) mass is 391 g/mol. The average Bonchev–Trinajstić information content (AvgIpc) is 3.23. The van der Waals surface area contributed by atoms with E-state index in [0.717, 1.165) is 29.7 Å². The summed E-state index contributed by atoms with van der Waals surface area (Å²) in [6.45, 7) is 0.643. The van der Waals surface area contributed by atoms with Gasteiger partial charge >= 0.3 is 0 Å². The van der Waals surface area contributed by atoms with E-state index in [0.29, 0.717) is 18.2 Å². The molecule has 1 amide bonds. The number of benzene rings is 1. The lowest BCUT2D eigenvalue weighted by atomic mass is 9.99. The first-order chi connectivity index (χ1) is 14.0. The molecule has 0 N–H and O–H groups in total. The molecule has 2 aromatic heterocycles. The molecule has 0 radical (unpaired) electrons. The summed E-state index contributed by atoms with van der Waals surface area (Å²) in [7, 11) is 3.75. The van der Waals surface area contributed by atoms with Crippen LogP contribution in [-0.2, 0) is 0 Å². The molecule has 0 aliphatic carbocycles. The van der Waals surface area contributed by atoms with E-state index in [2.05, 4.69) is 9.97 Å². The summed E-state index contributed by atoms with van der Waals surface area (Å²) in [6.07, 6.45) is 5.06. The molecule has 1 saturated heterocycles. The van der Waals surface area contributed by atoms with Crippen molar-refractivity contribution in [1.82, 2.24) is 19.9 Å². The van der Waals surface area contributed by atoms with Gasteiger partial charge in [-0.1, -0.05) is 18.2 Å². The molecular formula is C22H22FN5O. The summed E-state index contributed by atoms with van der Waals surface area (Å²) in [6, 6.07) is 11.4. The van der Waals surface area contributed by atoms with Gasteiger partial charge in [0.1, 0.15) is 11.5 Å². The van der Waals surface area contributed by atoms with Gasteiger partial charge in [0, 0.05) is 38.6 Å². The van der Waals surface area contributed by atoms with Crippen molar-refractivity contribution >= 4 is 11.9 Å². The van der Waals surface area contributed by atoms with Gasteiger partial charge in [0.2, 0.25) is 5.95 Å². The van der Waals surface area contributed by atoms with Crippen molar-refractivity contribution in [1.29, 1.82) is 0 Å². The first kappa shape index (κ1) is 19.0. The topological polar surface area (TPSA) is 62.2 Å². The van der Waals surface area contributed by atoms with Gasteiger partial charge in [-0.2, -0.15) is 0 Å². The van der Waals surface area contributed by atoms with Crippen LogP contribution in [0.2, 0.25) is 0 Å². The lowest BCUT2D eigenvalue weighted by Crippen LogP contribution is -2.32. The SMILES string of the molecule is CN(C)c1ncc(-c2ccc(F)cc2)c([C@@H]2CCCN2C(=O)c2ccccn2)n1. The van der Waals surface area contributed by atoms with Crippen LogP contribution in [0.5, 0.6) is 0 Å². The predicted octanol–water partition coefficient (Wildman–Crippen LogP) is 3.72. The largest absolute Gasteiger partial charge is 0.347 e. The molecule has 7 heteroatoms. The molecular weight excluding hydrogens is 369 g/mol. The molecule has 3 aromatic rings. The van der Waals surface area contributed by atoms with E-state index in [4.69, 9.17) is 4.98 Å². The fourth-order valence-corrected chi connectivity index (χ4v) is 3.64. The van der Waals surface area contributed by atoms with Crippen LogP contribution in [-0.4, -0.2) is 46.4 Å². The van der Waals surface area contributed by atoms with Crippen molar-refractivity contribution in [3.05, 3.63) is 72.1 Å². The van der Waals surface area contributed by atoms with E-state index in [1.807, 2.05) is 30.0 Å². The highest BCUT2D eigenvalue weighted by molar-refractivity contribution is 5.92. The number of rotatable bonds is 4. The smallest absolute Gasteiger partial charge is 0.273 e. The van der Waals surface area contributed by atoms with E-state index in [-0.39, 0.29) is 17.8 Å². The van der Waals surface area contributed by atoms with Crippen molar-refractivity contribution in [3.63, 3.8) is 0 Å². The van der Waals surface area contributed by atoms with Gasteiger partial charge in [-0.05, 0) is 42.7 Å². The molecule has 1 aromatic carbocycles. The number of halogens is 1. The first-order valence-corrected chi connectivity index (χ1v) is 9.57. The van der Waals surface area contributed by atoms with Crippen LogP contribution in [0.1, 0.15) is 35.1 Å². The number of hydrogen-bond donors (Lipinski definition) is 0. The van der Waals surface area contributed by atoms with Gasteiger partial charge in [-0.25, -0.2) is 14.4 Å². The van der Waals surface area contributed by atoms with Crippen LogP contribution in [0.15, 0.2) is 54.9 Å². The van der Waals surface area contributed by atoms with Gasteiger partial charge in [-0.3, -0.25) is 9.78 Å². The molecule has 0 bridgehead atoms. The Balaban J connectivity index is 1.78. The minimum Gasteiger partial charge on any atom is -0.347 e. The predicted molar refractivity (Wildman–Crippen MR) is 109 cm³/mol. The number of carbonyl (C=O) groups is 1. The summed E-state index contributed by atoms with van der Waals surface area (Å²) in [5.41, 5.74) is 2.83. The maximum absolute atomic E-state index is 13.4. The third kappa shape index (κ3) is 3.81. The Hall–Kier alpha value is -3.35. The third-order valence-electron chi connectivity index (χ3n) is 5.07. The minimum atomic E-state index is -0.297. The van der Waals surface area contributed by atoms with E-state index in [1.165, 1.54) is 12.1 Å². The van der Waals surface area contributed by atoms with E-state index < -0.39 is 0 Å². The molecule has 0 spiro atoms. The van der Waals surface area contributed by atoms with E-state index >= 15 is 0 Å². The number of likely N-dealkylation sites (tertiary alicyclic amines) is 1. The Morgan fingerprint density at radius 3 is 2.62 bits per heavy atom. The van der Waals surface area contributed by atoms with Crippen LogP contribution in [0.3, 0.4) is 0 Å². The molecule has 0 unspecified atom stereocenters. The zero-order valence-electron chi connectivity index (χ0n) is 16.4. The average molecular weight is 391 g/mol. The fraction of sp³-hybridized carbons (Fsp3) is 0.273. The number of nitrogens with zero attached hydrogens (tertiary/aromatic N) is 5. The molecule has 29 heavy (non-hydrogen) atoms. The number of hydrogen-bond acceptors (Lipinski definition) is 5. The number of anilines is 1. The van der Waals surface area contributed by atoms with Crippen molar-refractivity contribution in [3.8, 4) is 11.1 Å².